The van der Waals surface area contributed by atoms with Crippen molar-refractivity contribution in [2.75, 3.05) is 20.1 Å². The summed E-state index contributed by atoms with van der Waals surface area (Å²) < 4.78 is 27.0. The molecule has 1 aromatic carbocycles. The van der Waals surface area contributed by atoms with Crippen molar-refractivity contribution >= 4 is 21.6 Å². The molecule has 1 N–H and O–H groups in total. The number of nitrogens with one attached hydrogen (secondary N) is 1. The fraction of sp³-hybridized carbons (Fsp3) is 0.500. The van der Waals surface area contributed by atoms with E-state index in [4.69, 9.17) is 4.84 Å². The van der Waals surface area contributed by atoms with Crippen LogP contribution < -0.4 is 5.32 Å². The highest BCUT2D eigenvalue weighted by atomic mass is 32.2. The summed E-state index contributed by atoms with van der Waals surface area (Å²) in [7, 11) is -2.04. The third-order valence-corrected chi connectivity index (χ3v) is 6.44. The van der Waals surface area contributed by atoms with Crippen molar-refractivity contribution in [1.29, 1.82) is 0 Å². The lowest BCUT2D eigenvalue weighted by atomic mass is 9.96. The van der Waals surface area contributed by atoms with Crippen LogP contribution in [0.4, 0.5) is 0 Å². The Morgan fingerprint density at radius 1 is 1.38 bits per heavy atom. The minimum atomic E-state index is -3.57. The van der Waals surface area contributed by atoms with Crippen LogP contribution in [0, 0.1) is 0 Å². The van der Waals surface area contributed by atoms with E-state index >= 15 is 0 Å². The van der Waals surface area contributed by atoms with Crippen molar-refractivity contribution in [3.8, 4) is 0 Å². The summed E-state index contributed by atoms with van der Waals surface area (Å²) in [4.78, 5) is 17.4. The molecule has 1 atom stereocenters. The lowest BCUT2D eigenvalue weighted by Gasteiger charge is -2.21. The van der Waals surface area contributed by atoms with Crippen molar-refractivity contribution in [2.24, 2.45) is 5.16 Å². The SMILES string of the molecule is CCc1ccc(S(=O)(=O)N2CC[C@]3(CC(C(=O)NC)=NO3)C2)cc1. The molecule has 0 radical (unpaired) electrons. The molecule has 130 valence electrons. The number of carbonyl (C=O) groups is 1. The summed E-state index contributed by atoms with van der Waals surface area (Å²) in [6.07, 6.45) is 1.71. The summed E-state index contributed by atoms with van der Waals surface area (Å²) in [5.41, 5.74) is 0.678. The van der Waals surface area contributed by atoms with E-state index < -0.39 is 15.6 Å². The molecule has 24 heavy (non-hydrogen) atoms. The molecule has 2 heterocycles. The number of aryl methyl sites for hydroxylation is 1. The van der Waals surface area contributed by atoms with Gasteiger partial charge in [-0.2, -0.15) is 4.31 Å². The van der Waals surface area contributed by atoms with Gasteiger partial charge in [-0.3, -0.25) is 4.79 Å². The molecule has 0 unspecified atom stereocenters. The highest BCUT2D eigenvalue weighted by molar-refractivity contribution is 7.89. The van der Waals surface area contributed by atoms with Crippen molar-refractivity contribution in [3.05, 3.63) is 29.8 Å². The predicted molar refractivity (Wildman–Crippen MR) is 89.1 cm³/mol. The van der Waals surface area contributed by atoms with Crippen LogP contribution in [-0.4, -0.2) is 50.1 Å². The Kier molecular flexibility index (Phi) is 4.35. The van der Waals surface area contributed by atoms with Crippen molar-refractivity contribution in [2.45, 2.75) is 36.7 Å². The van der Waals surface area contributed by atoms with Crippen molar-refractivity contribution < 1.29 is 18.0 Å². The minimum Gasteiger partial charge on any atom is -0.387 e. The Morgan fingerprint density at radius 2 is 2.08 bits per heavy atom. The standard InChI is InChI=1S/C16H21N3O4S/c1-3-12-4-6-13(7-5-12)24(21,22)19-9-8-16(11-19)10-14(18-23-16)15(20)17-2/h4-7H,3,8-11H2,1-2H3,(H,17,20)/t16-/m0/s1. The molecule has 0 aromatic heterocycles. The molecule has 1 aromatic rings. The third-order valence-electron chi connectivity index (χ3n) is 4.58. The topological polar surface area (TPSA) is 88.1 Å². The maximum Gasteiger partial charge on any atom is 0.268 e. The van der Waals surface area contributed by atoms with E-state index in [0.29, 0.717) is 25.1 Å². The van der Waals surface area contributed by atoms with E-state index in [1.54, 1.807) is 12.1 Å². The summed E-state index contributed by atoms with van der Waals surface area (Å²) in [6, 6.07) is 6.94. The van der Waals surface area contributed by atoms with Gasteiger partial charge in [0.2, 0.25) is 10.0 Å². The van der Waals surface area contributed by atoms with Gasteiger partial charge in [-0.15, -0.1) is 0 Å². The highest BCUT2D eigenvalue weighted by Gasteiger charge is 2.49. The van der Waals surface area contributed by atoms with E-state index in [0.717, 1.165) is 12.0 Å². The van der Waals surface area contributed by atoms with Crippen LogP contribution in [-0.2, 0) is 26.1 Å². The van der Waals surface area contributed by atoms with Gasteiger partial charge in [0.15, 0.2) is 5.60 Å². The molecule has 1 fully saturated rings. The summed E-state index contributed by atoms with van der Waals surface area (Å²) in [6.45, 7) is 2.58. The van der Waals surface area contributed by atoms with Crippen LogP contribution in [0.15, 0.2) is 34.3 Å². The number of benzene rings is 1. The number of carbonyl (C=O) groups excluding carboxylic acids is 1. The minimum absolute atomic E-state index is 0.203. The average molecular weight is 351 g/mol. The van der Waals surface area contributed by atoms with Crippen molar-refractivity contribution in [3.63, 3.8) is 0 Å². The van der Waals surface area contributed by atoms with E-state index in [1.807, 2.05) is 19.1 Å². The first-order chi connectivity index (χ1) is 11.4. The highest BCUT2D eigenvalue weighted by Crippen LogP contribution is 2.36. The molecule has 1 saturated heterocycles. The number of rotatable bonds is 4. The second kappa shape index (κ2) is 6.18. The van der Waals surface area contributed by atoms with Gasteiger partial charge >= 0.3 is 0 Å². The number of sulfonamides is 1. The van der Waals surface area contributed by atoms with E-state index in [1.165, 1.54) is 11.4 Å². The van der Waals surface area contributed by atoms with Crippen LogP contribution in [0.1, 0.15) is 25.3 Å². The monoisotopic (exact) mass is 351 g/mol. The molecule has 3 rings (SSSR count). The second-order valence-electron chi connectivity index (χ2n) is 6.15. The summed E-state index contributed by atoms with van der Waals surface area (Å²) in [5.74, 6) is -0.289. The van der Waals surface area contributed by atoms with E-state index in [-0.39, 0.29) is 17.3 Å². The van der Waals surface area contributed by atoms with Crippen molar-refractivity contribution in [1.82, 2.24) is 9.62 Å². The quantitative estimate of drug-likeness (QED) is 0.873. The first-order valence-electron chi connectivity index (χ1n) is 7.96. The first-order valence-corrected chi connectivity index (χ1v) is 9.40. The third kappa shape index (κ3) is 2.91. The fourth-order valence-electron chi connectivity index (χ4n) is 3.07. The lowest BCUT2D eigenvalue weighted by molar-refractivity contribution is -0.114. The summed E-state index contributed by atoms with van der Waals surface area (Å²) in [5, 5.41) is 6.35. The van der Waals surface area contributed by atoms with Crippen LogP contribution in [0.2, 0.25) is 0 Å². The van der Waals surface area contributed by atoms with Gasteiger partial charge < -0.3 is 10.2 Å². The molecule has 0 saturated carbocycles. The maximum absolute atomic E-state index is 12.8. The molecule has 0 aliphatic carbocycles. The van der Waals surface area contributed by atoms with E-state index in [9.17, 15) is 13.2 Å². The second-order valence-corrected chi connectivity index (χ2v) is 8.09. The van der Waals surface area contributed by atoms with E-state index in [2.05, 4.69) is 10.5 Å². The molecule has 8 heteroatoms. The van der Waals surface area contributed by atoms with Gasteiger partial charge in [-0.1, -0.05) is 24.2 Å². The first kappa shape index (κ1) is 16.9. The summed E-state index contributed by atoms with van der Waals surface area (Å²) >= 11 is 0. The molecule has 1 amide bonds. The van der Waals surface area contributed by atoms with Gasteiger partial charge in [-0.05, 0) is 24.1 Å². The molecule has 0 bridgehead atoms. The molecule has 7 nitrogen and oxygen atoms in total. The molecule has 2 aliphatic rings. The zero-order chi connectivity index (χ0) is 17.4. The largest absolute Gasteiger partial charge is 0.387 e. The Hall–Kier alpha value is -1.93. The van der Waals surface area contributed by atoms with Gasteiger partial charge in [0.25, 0.3) is 5.91 Å². The van der Waals surface area contributed by atoms with Gasteiger partial charge in [0.05, 0.1) is 11.4 Å². The normalized spacial score (nSPS) is 24.0. The van der Waals surface area contributed by atoms with Crippen LogP contribution in [0.25, 0.3) is 0 Å². The fourth-order valence-corrected chi connectivity index (χ4v) is 4.58. The van der Waals surface area contributed by atoms with Gasteiger partial charge in [0.1, 0.15) is 5.71 Å². The van der Waals surface area contributed by atoms with Gasteiger partial charge in [-0.25, -0.2) is 8.42 Å². The Balaban J connectivity index is 1.74. The Bertz CT molecular complexity index is 773. The smallest absolute Gasteiger partial charge is 0.268 e. The number of oxime groups is 1. The number of hydrogen-bond acceptors (Lipinski definition) is 5. The number of nitrogens with zero attached hydrogens (tertiary/aromatic N) is 2. The maximum atomic E-state index is 12.8. The van der Waals surface area contributed by atoms with Crippen LogP contribution in [0.5, 0.6) is 0 Å². The number of amides is 1. The predicted octanol–water partition coefficient (Wildman–Crippen LogP) is 0.905. The zero-order valence-electron chi connectivity index (χ0n) is 13.8. The molecule has 1 spiro atoms. The molecule has 2 aliphatic heterocycles. The zero-order valence-corrected chi connectivity index (χ0v) is 14.6. The lowest BCUT2D eigenvalue weighted by Crippen LogP contribution is -2.38. The Labute approximate surface area is 141 Å². The Morgan fingerprint density at radius 3 is 2.71 bits per heavy atom. The average Bonchev–Trinajstić information content (AvgIpc) is 3.22. The van der Waals surface area contributed by atoms with Crippen LogP contribution in [0.3, 0.4) is 0 Å². The van der Waals surface area contributed by atoms with Crippen LogP contribution >= 0.6 is 0 Å². The van der Waals surface area contributed by atoms with Gasteiger partial charge in [0, 0.05) is 26.4 Å². The molecular weight excluding hydrogens is 330 g/mol. The molecular formula is C16H21N3O4S. The number of hydrogen-bond donors (Lipinski definition) is 1.